The summed E-state index contributed by atoms with van der Waals surface area (Å²) in [5.41, 5.74) is -0.630. The Morgan fingerprint density at radius 1 is 0.920 bits per heavy atom. The van der Waals surface area contributed by atoms with Crippen molar-refractivity contribution in [2.75, 3.05) is 0 Å². The minimum atomic E-state index is -3.61. The summed E-state index contributed by atoms with van der Waals surface area (Å²) in [4.78, 5) is 24.4. The number of hydrogen-bond donors (Lipinski definition) is 1. The molecule has 0 amide bonds. The maximum atomic E-state index is 12.5. The summed E-state index contributed by atoms with van der Waals surface area (Å²) in [6, 6.07) is 5.75. The molecule has 1 aromatic heterocycles. The summed E-state index contributed by atoms with van der Waals surface area (Å²) >= 11 is 0. The molecule has 1 aromatic carbocycles. The van der Waals surface area contributed by atoms with Crippen LogP contribution in [0.3, 0.4) is 0 Å². The van der Waals surface area contributed by atoms with Gasteiger partial charge in [0.15, 0.2) is 0 Å². The molecule has 3 rings (SSSR count). The van der Waals surface area contributed by atoms with E-state index in [2.05, 4.69) is 4.72 Å². The quantitative estimate of drug-likeness (QED) is 0.852. The van der Waals surface area contributed by atoms with Gasteiger partial charge in [0.2, 0.25) is 10.0 Å². The molecule has 1 fully saturated rings. The highest BCUT2D eigenvalue weighted by molar-refractivity contribution is 7.89. The first-order valence-corrected chi connectivity index (χ1v) is 9.77. The monoisotopic (exact) mass is 366 g/mol. The summed E-state index contributed by atoms with van der Waals surface area (Å²) in [5, 5.41) is 0. The van der Waals surface area contributed by atoms with Crippen LogP contribution in [-0.4, -0.2) is 28.4 Å². The summed E-state index contributed by atoms with van der Waals surface area (Å²) < 4.78 is 31.1. The Labute approximate surface area is 145 Å². The zero-order chi connectivity index (χ0) is 18.2. The molecule has 8 nitrogen and oxygen atoms in total. The first kappa shape index (κ1) is 17.7. The SMILES string of the molecule is Cn1c(=O)n(-c2ccc(S(=O)(=O)NC3CCCCC3)cc2)c(=O)n1C. The van der Waals surface area contributed by atoms with Crippen molar-refractivity contribution in [1.82, 2.24) is 18.7 Å². The topological polar surface area (TPSA) is 95.1 Å². The fourth-order valence-corrected chi connectivity index (χ4v) is 4.44. The Kier molecular flexibility index (Phi) is 4.70. The van der Waals surface area contributed by atoms with Crippen LogP contribution in [0.5, 0.6) is 0 Å². The Balaban J connectivity index is 1.89. The zero-order valence-corrected chi connectivity index (χ0v) is 15.1. The van der Waals surface area contributed by atoms with Gasteiger partial charge in [0.25, 0.3) is 0 Å². The minimum Gasteiger partial charge on any atom is -0.246 e. The van der Waals surface area contributed by atoms with Crippen LogP contribution < -0.4 is 16.1 Å². The van der Waals surface area contributed by atoms with Crippen LogP contribution in [0.25, 0.3) is 5.69 Å². The third kappa shape index (κ3) is 3.34. The summed E-state index contributed by atoms with van der Waals surface area (Å²) in [6.07, 6.45) is 4.92. The molecule has 0 aliphatic heterocycles. The summed E-state index contributed by atoms with van der Waals surface area (Å²) in [7, 11) is -0.622. The molecule has 1 heterocycles. The highest BCUT2D eigenvalue weighted by Gasteiger charge is 2.22. The third-order valence-electron chi connectivity index (χ3n) is 4.72. The van der Waals surface area contributed by atoms with Gasteiger partial charge in [0.1, 0.15) is 0 Å². The van der Waals surface area contributed by atoms with Crippen molar-refractivity contribution in [3.8, 4) is 5.69 Å². The molecular weight excluding hydrogens is 344 g/mol. The van der Waals surface area contributed by atoms with Crippen molar-refractivity contribution in [2.45, 2.75) is 43.0 Å². The lowest BCUT2D eigenvalue weighted by Crippen LogP contribution is -2.36. The van der Waals surface area contributed by atoms with Crippen LogP contribution in [-0.2, 0) is 24.1 Å². The Morgan fingerprint density at radius 3 is 1.96 bits per heavy atom. The molecule has 0 spiro atoms. The van der Waals surface area contributed by atoms with Gasteiger partial charge in [0.05, 0.1) is 10.6 Å². The van der Waals surface area contributed by atoms with Crippen molar-refractivity contribution >= 4 is 10.0 Å². The van der Waals surface area contributed by atoms with E-state index in [-0.39, 0.29) is 10.9 Å². The standard InChI is InChI=1S/C16H22N4O4S/c1-18-15(21)20(16(22)19(18)2)13-8-10-14(11-9-13)25(23,24)17-12-6-4-3-5-7-12/h8-12,17H,3-7H2,1-2H3. The van der Waals surface area contributed by atoms with E-state index in [1.165, 1.54) is 47.7 Å². The normalized spacial score (nSPS) is 16.2. The van der Waals surface area contributed by atoms with Gasteiger partial charge in [-0.3, -0.25) is 0 Å². The predicted octanol–water partition coefficient (Wildman–Crippen LogP) is 0.486. The largest absolute Gasteiger partial charge is 0.351 e. The van der Waals surface area contributed by atoms with Gasteiger partial charge in [-0.25, -0.2) is 36.7 Å². The molecule has 0 unspecified atom stereocenters. The zero-order valence-electron chi connectivity index (χ0n) is 14.3. The molecule has 136 valence electrons. The highest BCUT2D eigenvalue weighted by Crippen LogP contribution is 2.20. The molecule has 1 saturated carbocycles. The third-order valence-corrected chi connectivity index (χ3v) is 6.25. The first-order chi connectivity index (χ1) is 11.8. The van der Waals surface area contributed by atoms with Crippen LogP contribution in [0.15, 0.2) is 38.8 Å². The summed E-state index contributed by atoms with van der Waals surface area (Å²) in [6.45, 7) is 0. The average molecular weight is 366 g/mol. The van der Waals surface area contributed by atoms with Crippen LogP contribution in [0, 0.1) is 0 Å². The molecular formula is C16H22N4O4S. The number of nitrogens with zero attached hydrogens (tertiary/aromatic N) is 3. The number of rotatable bonds is 4. The van der Waals surface area contributed by atoms with Crippen molar-refractivity contribution in [3.63, 3.8) is 0 Å². The molecule has 2 aromatic rings. The van der Waals surface area contributed by atoms with Gasteiger partial charge in [-0.05, 0) is 37.1 Å². The van der Waals surface area contributed by atoms with E-state index in [0.29, 0.717) is 5.69 Å². The lowest BCUT2D eigenvalue weighted by atomic mass is 9.96. The van der Waals surface area contributed by atoms with E-state index in [9.17, 15) is 18.0 Å². The number of hydrogen-bond acceptors (Lipinski definition) is 4. The van der Waals surface area contributed by atoms with Crippen LogP contribution in [0.1, 0.15) is 32.1 Å². The fraction of sp³-hybridized carbons (Fsp3) is 0.500. The first-order valence-electron chi connectivity index (χ1n) is 8.29. The second kappa shape index (κ2) is 6.64. The molecule has 9 heteroatoms. The number of sulfonamides is 1. The van der Waals surface area contributed by atoms with Gasteiger partial charge in [-0.15, -0.1) is 0 Å². The maximum Gasteiger partial charge on any atom is 0.351 e. The van der Waals surface area contributed by atoms with Crippen LogP contribution in [0.4, 0.5) is 0 Å². The smallest absolute Gasteiger partial charge is 0.246 e. The molecule has 0 atom stereocenters. The molecule has 1 aliphatic rings. The predicted molar refractivity (Wildman–Crippen MR) is 93.4 cm³/mol. The van der Waals surface area contributed by atoms with Gasteiger partial charge < -0.3 is 0 Å². The van der Waals surface area contributed by atoms with Crippen LogP contribution >= 0.6 is 0 Å². The van der Waals surface area contributed by atoms with Crippen molar-refractivity contribution in [1.29, 1.82) is 0 Å². The molecule has 0 saturated heterocycles. The molecule has 0 bridgehead atoms. The fourth-order valence-electron chi connectivity index (χ4n) is 3.13. The Hall–Kier alpha value is -2.13. The van der Waals surface area contributed by atoms with E-state index in [1.807, 2.05) is 0 Å². The lowest BCUT2D eigenvalue weighted by molar-refractivity contribution is 0.412. The van der Waals surface area contributed by atoms with Gasteiger partial charge in [0, 0.05) is 20.1 Å². The lowest BCUT2D eigenvalue weighted by Gasteiger charge is -2.22. The number of benzene rings is 1. The average Bonchev–Trinajstić information content (AvgIpc) is 2.79. The second-order valence-corrected chi connectivity index (χ2v) is 8.11. The number of nitrogens with one attached hydrogen (secondary N) is 1. The van der Waals surface area contributed by atoms with Crippen molar-refractivity contribution in [3.05, 3.63) is 45.2 Å². The Morgan fingerprint density at radius 2 is 1.44 bits per heavy atom. The second-order valence-electron chi connectivity index (χ2n) is 6.40. The Bertz CT molecular complexity index is 943. The van der Waals surface area contributed by atoms with E-state index in [4.69, 9.17) is 0 Å². The highest BCUT2D eigenvalue weighted by atomic mass is 32.2. The van der Waals surface area contributed by atoms with Gasteiger partial charge in [-0.2, -0.15) is 0 Å². The molecule has 0 radical (unpaired) electrons. The van der Waals surface area contributed by atoms with E-state index in [0.717, 1.165) is 36.7 Å². The van der Waals surface area contributed by atoms with E-state index >= 15 is 0 Å². The van der Waals surface area contributed by atoms with Gasteiger partial charge in [-0.1, -0.05) is 19.3 Å². The molecule has 25 heavy (non-hydrogen) atoms. The summed E-state index contributed by atoms with van der Waals surface area (Å²) in [5.74, 6) is 0. The van der Waals surface area contributed by atoms with E-state index < -0.39 is 21.4 Å². The van der Waals surface area contributed by atoms with Gasteiger partial charge >= 0.3 is 11.4 Å². The van der Waals surface area contributed by atoms with Crippen molar-refractivity contribution < 1.29 is 8.42 Å². The molecule has 1 aliphatic carbocycles. The number of aromatic nitrogens is 3. The maximum absolute atomic E-state index is 12.5. The van der Waals surface area contributed by atoms with Crippen molar-refractivity contribution in [2.24, 2.45) is 14.1 Å². The minimum absolute atomic E-state index is 0.0255. The van der Waals surface area contributed by atoms with Crippen LogP contribution in [0.2, 0.25) is 0 Å². The molecule has 1 N–H and O–H groups in total. The van der Waals surface area contributed by atoms with E-state index in [1.54, 1.807) is 0 Å².